The maximum Gasteiger partial charge on any atom is 0.199 e. The van der Waals surface area contributed by atoms with Gasteiger partial charge in [-0.1, -0.05) is 40.9 Å². The van der Waals surface area contributed by atoms with Crippen LogP contribution in [0.15, 0.2) is 36.5 Å². The predicted octanol–water partition coefficient (Wildman–Crippen LogP) is 4.80. The number of pyridine rings is 1. The molecule has 0 N–H and O–H groups in total. The molecule has 18 heavy (non-hydrogen) atoms. The van der Waals surface area contributed by atoms with Crippen molar-refractivity contribution in [2.24, 2.45) is 0 Å². The zero-order valence-corrected chi connectivity index (χ0v) is 11.9. The molecule has 0 unspecified atom stereocenters. The van der Waals surface area contributed by atoms with Crippen molar-refractivity contribution >= 4 is 52.1 Å². The number of benzene rings is 1. The first-order chi connectivity index (χ1) is 8.58. The van der Waals surface area contributed by atoms with E-state index in [0.717, 1.165) is 0 Å². The Morgan fingerprint density at radius 2 is 1.72 bits per heavy atom. The average Bonchev–Trinajstić information content (AvgIpc) is 2.34. The molecular formula is C12H6Cl3NOS. The summed E-state index contributed by atoms with van der Waals surface area (Å²) in [4.78, 5) is 3.92. The van der Waals surface area contributed by atoms with E-state index in [-0.39, 0.29) is 5.05 Å². The summed E-state index contributed by atoms with van der Waals surface area (Å²) in [5.74, 6) is 0.334. The second-order valence-corrected chi connectivity index (χ2v) is 4.88. The lowest BCUT2D eigenvalue weighted by Gasteiger charge is -2.09. The number of aromatic nitrogens is 1. The Kier molecular flexibility index (Phi) is 4.40. The van der Waals surface area contributed by atoms with Crippen molar-refractivity contribution in [2.45, 2.75) is 0 Å². The fourth-order valence-electron chi connectivity index (χ4n) is 1.23. The molecule has 0 saturated heterocycles. The van der Waals surface area contributed by atoms with Crippen LogP contribution < -0.4 is 4.74 Å². The first-order valence-corrected chi connectivity index (χ1v) is 6.40. The van der Waals surface area contributed by atoms with Crippen molar-refractivity contribution in [1.82, 2.24) is 4.98 Å². The molecule has 1 aromatic carbocycles. The summed E-state index contributed by atoms with van der Waals surface area (Å²) >= 11 is 22.8. The molecule has 0 bridgehead atoms. The fraction of sp³-hybridized carbons (Fsp3) is 0. The molecule has 1 heterocycles. The summed E-state index contributed by atoms with van der Waals surface area (Å²) in [6, 6.07) is 8.41. The second kappa shape index (κ2) is 5.85. The van der Waals surface area contributed by atoms with Gasteiger partial charge >= 0.3 is 0 Å². The highest BCUT2D eigenvalue weighted by atomic mass is 35.5. The molecular weight excluding hydrogens is 313 g/mol. The zero-order valence-electron chi connectivity index (χ0n) is 8.86. The van der Waals surface area contributed by atoms with Gasteiger partial charge in [-0.3, -0.25) is 0 Å². The van der Waals surface area contributed by atoms with Crippen LogP contribution in [0.3, 0.4) is 0 Å². The highest BCUT2D eigenvalue weighted by molar-refractivity contribution is 7.80. The molecule has 0 radical (unpaired) electrons. The molecule has 2 rings (SSSR count). The second-order valence-electron chi connectivity index (χ2n) is 3.31. The van der Waals surface area contributed by atoms with E-state index >= 15 is 0 Å². The number of halogens is 3. The molecule has 6 heteroatoms. The quantitative estimate of drug-likeness (QED) is 0.587. The van der Waals surface area contributed by atoms with Gasteiger partial charge in [0.25, 0.3) is 0 Å². The number of rotatable bonds is 2. The maximum atomic E-state index is 5.98. The van der Waals surface area contributed by atoms with E-state index in [0.29, 0.717) is 26.5 Å². The van der Waals surface area contributed by atoms with Crippen molar-refractivity contribution in [2.75, 3.05) is 0 Å². The van der Waals surface area contributed by atoms with Gasteiger partial charge in [0.2, 0.25) is 0 Å². The molecule has 0 spiro atoms. The largest absolute Gasteiger partial charge is 0.442 e. The molecule has 1 aromatic heterocycles. The summed E-state index contributed by atoms with van der Waals surface area (Å²) in [5.41, 5.74) is 0.630. The SMILES string of the molecule is S=C(Oc1c(Cl)cccc1Cl)c1ccc(Cl)nc1. The highest BCUT2D eigenvalue weighted by Gasteiger charge is 2.11. The van der Waals surface area contributed by atoms with E-state index < -0.39 is 0 Å². The number of nitrogens with zero attached hydrogens (tertiary/aromatic N) is 1. The van der Waals surface area contributed by atoms with Crippen LogP contribution in [0.25, 0.3) is 0 Å². The monoisotopic (exact) mass is 317 g/mol. The number of ether oxygens (including phenoxy) is 1. The molecule has 0 aliphatic heterocycles. The minimum Gasteiger partial charge on any atom is -0.442 e. The minimum atomic E-state index is 0.231. The number of hydrogen-bond acceptors (Lipinski definition) is 3. The van der Waals surface area contributed by atoms with Gasteiger partial charge in [0, 0.05) is 11.8 Å². The lowest BCUT2D eigenvalue weighted by atomic mass is 10.3. The van der Waals surface area contributed by atoms with Gasteiger partial charge < -0.3 is 4.74 Å². The molecule has 92 valence electrons. The van der Waals surface area contributed by atoms with Crippen LogP contribution in [-0.4, -0.2) is 10.0 Å². The fourth-order valence-corrected chi connectivity index (χ4v) is 2.02. The Hall–Kier alpha value is -0.870. The van der Waals surface area contributed by atoms with Crippen molar-refractivity contribution in [3.63, 3.8) is 0 Å². The Bertz CT molecular complexity index is 566. The van der Waals surface area contributed by atoms with E-state index in [2.05, 4.69) is 4.98 Å². The third-order valence-corrected chi connectivity index (χ3v) is 3.21. The van der Waals surface area contributed by atoms with E-state index in [1.165, 1.54) is 6.20 Å². The summed E-state index contributed by atoms with van der Waals surface area (Å²) in [6.07, 6.45) is 1.52. The van der Waals surface area contributed by atoms with Crippen LogP contribution in [0.1, 0.15) is 5.56 Å². The topological polar surface area (TPSA) is 22.1 Å². The first-order valence-electron chi connectivity index (χ1n) is 4.85. The molecule has 2 aromatic rings. The van der Waals surface area contributed by atoms with Gasteiger partial charge in [-0.25, -0.2) is 4.98 Å². The van der Waals surface area contributed by atoms with Crippen molar-refractivity contribution in [1.29, 1.82) is 0 Å². The van der Waals surface area contributed by atoms with Crippen molar-refractivity contribution in [3.8, 4) is 5.75 Å². The van der Waals surface area contributed by atoms with Gasteiger partial charge in [-0.05, 0) is 36.5 Å². The first kappa shape index (κ1) is 13.6. The summed E-state index contributed by atoms with van der Waals surface area (Å²) < 4.78 is 5.49. The molecule has 0 aliphatic carbocycles. The Morgan fingerprint density at radius 1 is 1.06 bits per heavy atom. The standard InChI is InChI=1S/C12H6Cl3NOS/c13-8-2-1-3-9(14)11(8)17-12(18)7-4-5-10(15)16-6-7/h1-6H. The van der Waals surface area contributed by atoms with E-state index in [4.69, 9.17) is 51.8 Å². The highest BCUT2D eigenvalue weighted by Crippen LogP contribution is 2.33. The van der Waals surface area contributed by atoms with Crippen molar-refractivity contribution < 1.29 is 4.74 Å². The van der Waals surface area contributed by atoms with E-state index in [1.807, 2.05) is 0 Å². The van der Waals surface area contributed by atoms with Crippen LogP contribution in [0.5, 0.6) is 5.75 Å². The van der Waals surface area contributed by atoms with Gasteiger partial charge in [-0.15, -0.1) is 0 Å². The van der Waals surface area contributed by atoms with Crippen LogP contribution in [-0.2, 0) is 0 Å². The average molecular weight is 319 g/mol. The normalized spacial score (nSPS) is 10.2. The van der Waals surface area contributed by atoms with Crippen LogP contribution in [0.4, 0.5) is 0 Å². The predicted molar refractivity (Wildman–Crippen MR) is 78.0 cm³/mol. The lowest BCUT2D eigenvalue weighted by Crippen LogP contribution is -2.08. The summed E-state index contributed by atoms with van der Waals surface area (Å²) in [5, 5.41) is 1.41. The van der Waals surface area contributed by atoms with Crippen LogP contribution in [0, 0.1) is 0 Å². The molecule has 0 atom stereocenters. The molecule has 0 saturated carbocycles. The molecule has 0 amide bonds. The van der Waals surface area contributed by atoms with Crippen molar-refractivity contribution in [3.05, 3.63) is 57.3 Å². The third kappa shape index (κ3) is 3.12. The smallest absolute Gasteiger partial charge is 0.199 e. The van der Waals surface area contributed by atoms with Gasteiger partial charge in [-0.2, -0.15) is 0 Å². The van der Waals surface area contributed by atoms with Crippen LogP contribution >= 0.6 is 47.0 Å². The van der Waals surface area contributed by atoms with E-state index in [9.17, 15) is 0 Å². The van der Waals surface area contributed by atoms with E-state index in [1.54, 1.807) is 30.3 Å². The molecule has 0 aliphatic rings. The Morgan fingerprint density at radius 3 is 2.28 bits per heavy atom. The number of para-hydroxylation sites is 1. The van der Waals surface area contributed by atoms with Gasteiger partial charge in [0.1, 0.15) is 5.15 Å². The summed E-state index contributed by atoms with van der Waals surface area (Å²) in [6.45, 7) is 0. The maximum absolute atomic E-state index is 5.98. The summed E-state index contributed by atoms with van der Waals surface area (Å²) in [7, 11) is 0. The Balaban J connectivity index is 2.24. The lowest BCUT2D eigenvalue weighted by molar-refractivity contribution is 0.567. The zero-order chi connectivity index (χ0) is 13.1. The Labute approximate surface area is 124 Å². The van der Waals surface area contributed by atoms with Gasteiger partial charge in [0.05, 0.1) is 10.0 Å². The minimum absolute atomic E-state index is 0.231. The molecule has 0 fully saturated rings. The third-order valence-electron chi connectivity index (χ3n) is 2.08. The van der Waals surface area contributed by atoms with Gasteiger partial charge in [0.15, 0.2) is 10.8 Å². The number of thiocarbonyl (C=S) groups is 1. The molecule has 2 nitrogen and oxygen atoms in total. The van der Waals surface area contributed by atoms with Crippen LogP contribution in [0.2, 0.25) is 15.2 Å². The number of hydrogen-bond donors (Lipinski definition) is 0.